The van der Waals surface area contributed by atoms with Gasteiger partial charge in [-0.2, -0.15) is 0 Å². The van der Waals surface area contributed by atoms with Crippen molar-refractivity contribution in [3.8, 4) is 0 Å². The number of rotatable bonds is 8. The summed E-state index contributed by atoms with van der Waals surface area (Å²) in [4.78, 5) is 42.9. The van der Waals surface area contributed by atoms with Gasteiger partial charge in [-0.3, -0.25) is 14.4 Å². The molecule has 3 aliphatic rings. The second kappa shape index (κ2) is 9.19. The molecule has 186 valence electrons. The molecule has 3 heterocycles. The summed E-state index contributed by atoms with van der Waals surface area (Å²) in [7, 11) is 0. The SMILES string of the molecule is CCCNC(=O)[C@H]1[C@H]2C(=O)N([C@@H](CC)CO)C(C(=O)Nc3c(C)cccc3C)C23CC[C@]1(C)S3. The molecule has 3 saturated heterocycles. The van der Waals surface area contributed by atoms with Crippen LogP contribution >= 0.6 is 11.8 Å². The first-order chi connectivity index (χ1) is 16.1. The van der Waals surface area contributed by atoms with Gasteiger partial charge in [-0.1, -0.05) is 32.0 Å². The summed E-state index contributed by atoms with van der Waals surface area (Å²) in [5.41, 5.74) is 2.68. The number of fused-ring (bicyclic) bond motifs is 1. The van der Waals surface area contributed by atoms with Crippen LogP contribution < -0.4 is 10.6 Å². The number of aliphatic hydroxyl groups excluding tert-OH is 1. The lowest BCUT2D eigenvalue weighted by Gasteiger charge is -2.37. The maximum atomic E-state index is 14.0. The molecule has 1 aromatic rings. The summed E-state index contributed by atoms with van der Waals surface area (Å²) in [5, 5.41) is 16.3. The third kappa shape index (κ3) is 3.65. The van der Waals surface area contributed by atoms with E-state index < -0.39 is 28.7 Å². The van der Waals surface area contributed by atoms with Gasteiger partial charge in [0.15, 0.2) is 0 Å². The molecule has 8 heteroatoms. The van der Waals surface area contributed by atoms with Crippen molar-refractivity contribution >= 4 is 35.2 Å². The predicted molar refractivity (Wildman–Crippen MR) is 135 cm³/mol. The normalized spacial score (nSPS) is 32.6. The predicted octanol–water partition coefficient (Wildman–Crippen LogP) is 3.02. The average Bonchev–Trinajstić information content (AvgIpc) is 3.37. The number of likely N-dealkylation sites (tertiary alicyclic amines) is 1. The first-order valence-electron chi connectivity index (χ1n) is 12.4. The van der Waals surface area contributed by atoms with E-state index in [4.69, 9.17) is 0 Å². The van der Waals surface area contributed by atoms with Crippen molar-refractivity contribution in [2.75, 3.05) is 18.5 Å². The number of hydrogen-bond donors (Lipinski definition) is 3. The van der Waals surface area contributed by atoms with Crippen LogP contribution in [-0.4, -0.2) is 62.5 Å². The Morgan fingerprint density at radius 3 is 2.47 bits per heavy atom. The fourth-order valence-electron chi connectivity index (χ4n) is 6.43. The van der Waals surface area contributed by atoms with Gasteiger partial charge in [-0.15, -0.1) is 11.8 Å². The molecule has 3 aliphatic heterocycles. The van der Waals surface area contributed by atoms with Crippen molar-refractivity contribution in [1.82, 2.24) is 10.2 Å². The highest BCUT2D eigenvalue weighted by Crippen LogP contribution is 2.71. The van der Waals surface area contributed by atoms with Crippen LogP contribution in [0.25, 0.3) is 0 Å². The van der Waals surface area contributed by atoms with Crippen LogP contribution in [-0.2, 0) is 14.4 Å². The number of benzene rings is 1. The van der Waals surface area contributed by atoms with E-state index in [9.17, 15) is 19.5 Å². The standard InChI is InChI=1S/C26H37N3O4S/c1-6-13-27-22(31)18-19-24(33)29(17(7-2)14-30)21(26(19)12-11-25(18,5)34-26)23(32)28-20-15(3)9-8-10-16(20)4/h8-10,17-19,21,30H,6-7,11-14H2,1-5H3,(H,27,31)(H,28,32)/t17-,18+,19-,21?,25-,26?/m0/s1. The van der Waals surface area contributed by atoms with Gasteiger partial charge >= 0.3 is 0 Å². The third-order valence-electron chi connectivity index (χ3n) is 8.10. The highest BCUT2D eigenvalue weighted by molar-refractivity contribution is 8.02. The number of amides is 3. The van der Waals surface area contributed by atoms with Crippen LogP contribution in [0.15, 0.2) is 18.2 Å². The molecule has 0 saturated carbocycles. The maximum Gasteiger partial charge on any atom is 0.248 e. The van der Waals surface area contributed by atoms with Crippen molar-refractivity contribution in [2.45, 2.75) is 81.9 Å². The summed E-state index contributed by atoms with van der Waals surface area (Å²) in [5.74, 6) is -1.55. The summed E-state index contributed by atoms with van der Waals surface area (Å²) in [6, 6.07) is 4.66. The molecular formula is C26H37N3O4S. The number of aliphatic hydroxyl groups is 1. The summed E-state index contributed by atoms with van der Waals surface area (Å²) >= 11 is 1.66. The number of carbonyl (C=O) groups is 3. The lowest BCUT2D eigenvalue weighted by atomic mass is 9.66. The second-order valence-electron chi connectivity index (χ2n) is 10.3. The minimum Gasteiger partial charge on any atom is -0.394 e. The molecule has 4 rings (SSSR count). The van der Waals surface area contributed by atoms with Crippen molar-refractivity contribution in [1.29, 1.82) is 0 Å². The number of thioether (sulfide) groups is 1. The third-order valence-corrected chi connectivity index (χ3v) is 10.1. The largest absolute Gasteiger partial charge is 0.394 e. The van der Waals surface area contributed by atoms with Gasteiger partial charge in [0.1, 0.15) is 6.04 Å². The number of hydrogen-bond acceptors (Lipinski definition) is 5. The quantitative estimate of drug-likeness (QED) is 0.524. The van der Waals surface area contributed by atoms with E-state index >= 15 is 0 Å². The lowest BCUT2D eigenvalue weighted by molar-refractivity contribution is -0.142. The summed E-state index contributed by atoms with van der Waals surface area (Å²) in [6.07, 6.45) is 2.84. The Morgan fingerprint density at radius 1 is 1.21 bits per heavy atom. The van der Waals surface area contributed by atoms with E-state index in [1.165, 1.54) is 0 Å². The fraction of sp³-hybridized carbons (Fsp3) is 0.654. The molecule has 1 aromatic carbocycles. The molecule has 2 bridgehead atoms. The minimum absolute atomic E-state index is 0.0930. The molecule has 34 heavy (non-hydrogen) atoms. The number of aryl methyl sites for hydroxylation is 2. The first kappa shape index (κ1) is 25.0. The zero-order valence-corrected chi connectivity index (χ0v) is 21.6. The number of nitrogens with zero attached hydrogens (tertiary/aromatic N) is 1. The zero-order chi connectivity index (χ0) is 24.8. The first-order valence-corrected chi connectivity index (χ1v) is 13.2. The number of carbonyl (C=O) groups excluding carboxylic acids is 3. The van der Waals surface area contributed by atoms with Gasteiger partial charge in [-0.05, 0) is 57.6 Å². The topological polar surface area (TPSA) is 98.7 Å². The van der Waals surface area contributed by atoms with Crippen molar-refractivity contribution in [2.24, 2.45) is 11.8 Å². The van der Waals surface area contributed by atoms with Crippen LogP contribution in [0.4, 0.5) is 5.69 Å². The van der Waals surface area contributed by atoms with Crippen LogP contribution in [0.1, 0.15) is 57.6 Å². The van der Waals surface area contributed by atoms with Crippen LogP contribution in [0, 0.1) is 25.7 Å². The van der Waals surface area contributed by atoms with Crippen molar-refractivity contribution in [3.05, 3.63) is 29.3 Å². The van der Waals surface area contributed by atoms with Gasteiger partial charge in [0.25, 0.3) is 0 Å². The summed E-state index contributed by atoms with van der Waals surface area (Å²) < 4.78 is -1.06. The molecule has 6 atom stereocenters. The Labute approximate surface area is 206 Å². The molecular weight excluding hydrogens is 450 g/mol. The number of anilines is 1. The van der Waals surface area contributed by atoms with Gasteiger partial charge in [-0.25, -0.2) is 0 Å². The van der Waals surface area contributed by atoms with Crippen molar-refractivity contribution < 1.29 is 19.5 Å². The molecule has 0 aromatic heterocycles. The number of nitrogens with one attached hydrogen (secondary N) is 2. The van der Waals surface area contributed by atoms with E-state index in [0.717, 1.165) is 29.7 Å². The maximum absolute atomic E-state index is 14.0. The van der Waals surface area contributed by atoms with Crippen LogP contribution in [0.2, 0.25) is 0 Å². The minimum atomic E-state index is -0.739. The summed E-state index contributed by atoms with van der Waals surface area (Å²) in [6.45, 7) is 10.2. The zero-order valence-electron chi connectivity index (χ0n) is 20.8. The van der Waals surface area contributed by atoms with Crippen LogP contribution in [0.5, 0.6) is 0 Å². The molecule has 3 fully saturated rings. The van der Waals surface area contributed by atoms with Crippen LogP contribution in [0.3, 0.4) is 0 Å². The monoisotopic (exact) mass is 487 g/mol. The highest BCUT2D eigenvalue weighted by Gasteiger charge is 2.77. The van der Waals surface area contributed by atoms with Gasteiger partial charge in [0, 0.05) is 17.0 Å². The Kier molecular flexibility index (Phi) is 6.77. The second-order valence-corrected chi connectivity index (χ2v) is 12.2. The molecule has 0 radical (unpaired) electrons. The van der Waals surface area contributed by atoms with Gasteiger partial charge in [0.2, 0.25) is 17.7 Å². The molecule has 3 amide bonds. The van der Waals surface area contributed by atoms with E-state index in [1.54, 1.807) is 16.7 Å². The average molecular weight is 488 g/mol. The molecule has 0 aliphatic carbocycles. The Balaban J connectivity index is 1.77. The van der Waals surface area contributed by atoms with Crippen molar-refractivity contribution in [3.63, 3.8) is 0 Å². The Morgan fingerprint density at radius 2 is 1.88 bits per heavy atom. The van der Waals surface area contributed by atoms with Gasteiger partial charge in [0.05, 0.1) is 29.2 Å². The lowest BCUT2D eigenvalue weighted by Crippen LogP contribution is -2.54. The molecule has 7 nitrogen and oxygen atoms in total. The number of para-hydroxylation sites is 1. The Bertz CT molecular complexity index is 976. The van der Waals surface area contributed by atoms with E-state index in [2.05, 4.69) is 17.6 Å². The van der Waals surface area contributed by atoms with Gasteiger partial charge < -0.3 is 20.6 Å². The molecule has 3 N–H and O–H groups in total. The molecule has 1 spiro atoms. The highest BCUT2D eigenvalue weighted by atomic mass is 32.2. The smallest absolute Gasteiger partial charge is 0.248 e. The Hall–Kier alpha value is -2.06. The fourth-order valence-corrected chi connectivity index (χ4v) is 8.78. The van der Waals surface area contributed by atoms with E-state index in [-0.39, 0.29) is 29.1 Å². The molecule has 2 unspecified atom stereocenters. The van der Waals surface area contributed by atoms with E-state index in [1.807, 2.05) is 45.9 Å². The van der Waals surface area contributed by atoms with E-state index in [0.29, 0.717) is 19.4 Å².